The molecule has 0 N–H and O–H groups in total. The summed E-state index contributed by atoms with van der Waals surface area (Å²) in [5, 5.41) is 17.3. The minimum Gasteiger partial charge on any atom is -0.497 e. The van der Waals surface area contributed by atoms with Gasteiger partial charge in [0, 0.05) is 12.2 Å². The third kappa shape index (κ3) is 5.83. The van der Waals surface area contributed by atoms with Crippen molar-refractivity contribution in [3.8, 4) is 11.8 Å². The molecule has 2 aromatic carbocycles. The standard InChI is InChI=1S/C21H20N4O3S/c1-27-18-10-8-16(9-11-18)14-19-23-24-21(28-19)29-15-20(26)25(13-5-12-22)17-6-3-2-4-7-17/h2-4,6-11H,5,13-15H2,1H3. The maximum absolute atomic E-state index is 12.7. The molecule has 29 heavy (non-hydrogen) atoms. The number of hydrogen-bond donors (Lipinski definition) is 0. The van der Waals surface area contributed by atoms with Crippen LogP contribution in [0.2, 0.25) is 0 Å². The van der Waals surface area contributed by atoms with Crippen molar-refractivity contribution in [3.63, 3.8) is 0 Å². The number of ether oxygens (including phenoxy) is 1. The van der Waals surface area contributed by atoms with E-state index in [2.05, 4.69) is 16.3 Å². The first kappa shape index (κ1) is 20.4. The van der Waals surface area contributed by atoms with E-state index in [9.17, 15) is 4.79 Å². The lowest BCUT2D eigenvalue weighted by molar-refractivity contribution is -0.116. The molecule has 7 nitrogen and oxygen atoms in total. The van der Waals surface area contributed by atoms with Crippen LogP contribution in [-0.2, 0) is 11.2 Å². The molecule has 0 radical (unpaired) electrons. The fraction of sp³-hybridized carbons (Fsp3) is 0.238. The minimum atomic E-state index is -0.119. The van der Waals surface area contributed by atoms with Crippen LogP contribution >= 0.6 is 11.8 Å². The molecule has 0 aliphatic rings. The maximum atomic E-state index is 12.7. The normalized spacial score (nSPS) is 10.3. The lowest BCUT2D eigenvalue weighted by Crippen LogP contribution is -2.33. The van der Waals surface area contributed by atoms with Crippen molar-refractivity contribution >= 4 is 23.4 Å². The zero-order valence-electron chi connectivity index (χ0n) is 15.9. The Morgan fingerprint density at radius 1 is 1.17 bits per heavy atom. The van der Waals surface area contributed by atoms with E-state index in [-0.39, 0.29) is 18.1 Å². The van der Waals surface area contributed by atoms with Gasteiger partial charge in [-0.1, -0.05) is 42.1 Å². The van der Waals surface area contributed by atoms with Crippen LogP contribution < -0.4 is 9.64 Å². The molecular weight excluding hydrogens is 388 g/mol. The summed E-state index contributed by atoms with van der Waals surface area (Å²) >= 11 is 1.19. The molecule has 8 heteroatoms. The van der Waals surface area contributed by atoms with E-state index in [1.165, 1.54) is 11.8 Å². The lowest BCUT2D eigenvalue weighted by Gasteiger charge is -2.21. The monoisotopic (exact) mass is 408 g/mol. The van der Waals surface area contributed by atoms with Crippen LogP contribution in [0.1, 0.15) is 17.9 Å². The Kier molecular flexibility index (Phi) is 7.25. The van der Waals surface area contributed by atoms with Crippen LogP contribution in [-0.4, -0.2) is 35.5 Å². The summed E-state index contributed by atoms with van der Waals surface area (Å²) in [6.45, 7) is 0.340. The average molecular weight is 408 g/mol. The van der Waals surface area contributed by atoms with Gasteiger partial charge in [-0.05, 0) is 29.8 Å². The van der Waals surface area contributed by atoms with Crippen molar-refractivity contribution in [2.45, 2.75) is 18.1 Å². The molecule has 0 atom stereocenters. The van der Waals surface area contributed by atoms with Crippen LogP contribution in [0, 0.1) is 11.3 Å². The molecule has 0 saturated carbocycles. The number of para-hydroxylation sites is 1. The van der Waals surface area contributed by atoms with Gasteiger partial charge in [-0.2, -0.15) is 5.26 Å². The van der Waals surface area contributed by atoms with Gasteiger partial charge >= 0.3 is 0 Å². The number of methoxy groups -OCH3 is 1. The third-order valence-corrected chi connectivity index (χ3v) is 4.90. The molecule has 1 heterocycles. The Bertz CT molecular complexity index is 968. The van der Waals surface area contributed by atoms with Gasteiger partial charge < -0.3 is 14.1 Å². The molecule has 0 aliphatic heterocycles. The summed E-state index contributed by atoms with van der Waals surface area (Å²) in [4.78, 5) is 14.3. The molecule has 1 aromatic heterocycles. The van der Waals surface area contributed by atoms with Crippen molar-refractivity contribution < 1.29 is 13.9 Å². The van der Waals surface area contributed by atoms with Crippen molar-refractivity contribution in [2.24, 2.45) is 0 Å². The molecule has 148 valence electrons. The Labute approximate surface area is 173 Å². The van der Waals surface area contributed by atoms with E-state index in [1.807, 2.05) is 54.6 Å². The summed E-state index contributed by atoms with van der Waals surface area (Å²) in [7, 11) is 1.62. The number of rotatable bonds is 9. The smallest absolute Gasteiger partial charge is 0.277 e. The number of aromatic nitrogens is 2. The minimum absolute atomic E-state index is 0.119. The summed E-state index contributed by atoms with van der Waals surface area (Å²) in [6.07, 6.45) is 0.766. The predicted octanol–water partition coefficient (Wildman–Crippen LogP) is 3.71. The van der Waals surface area contributed by atoms with Crippen LogP contribution in [0.3, 0.4) is 0 Å². The number of hydrogen-bond acceptors (Lipinski definition) is 7. The first-order chi connectivity index (χ1) is 14.2. The van der Waals surface area contributed by atoms with Crippen LogP contribution in [0.5, 0.6) is 5.75 Å². The summed E-state index contributed by atoms with van der Waals surface area (Å²) in [5.74, 6) is 1.29. The Morgan fingerprint density at radius 2 is 1.93 bits per heavy atom. The first-order valence-electron chi connectivity index (χ1n) is 9.00. The Hall–Kier alpha value is -3.31. The van der Waals surface area contributed by atoms with Crippen molar-refractivity contribution in [3.05, 3.63) is 66.1 Å². The number of amides is 1. The van der Waals surface area contributed by atoms with Gasteiger partial charge in [-0.25, -0.2) is 0 Å². The summed E-state index contributed by atoms with van der Waals surface area (Å²) in [6, 6.07) is 19.0. The highest BCUT2D eigenvalue weighted by Gasteiger charge is 2.17. The van der Waals surface area contributed by atoms with Gasteiger partial charge in [0.1, 0.15) is 5.75 Å². The number of nitrogens with zero attached hydrogens (tertiary/aromatic N) is 4. The molecule has 0 fully saturated rings. The number of anilines is 1. The highest BCUT2D eigenvalue weighted by atomic mass is 32.2. The van der Waals surface area contributed by atoms with Gasteiger partial charge in [0.05, 0.1) is 31.8 Å². The van der Waals surface area contributed by atoms with E-state index in [1.54, 1.807) is 12.0 Å². The highest BCUT2D eigenvalue weighted by Crippen LogP contribution is 2.21. The van der Waals surface area contributed by atoms with Gasteiger partial charge in [0.15, 0.2) is 0 Å². The summed E-state index contributed by atoms with van der Waals surface area (Å²) in [5.41, 5.74) is 1.79. The Morgan fingerprint density at radius 3 is 2.62 bits per heavy atom. The number of nitriles is 1. The molecule has 3 aromatic rings. The van der Waals surface area contributed by atoms with Gasteiger partial charge in [-0.3, -0.25) is 4.79 Å². The fourth-order valence-electron chi connectivity index (χ4n) is 2.65. The summed E-state index contributed by atoms with van der Waals surface area (Å²) < 4.78 is 10.8. The number of benzene rings is 2. The van der Waals surface area contributed by atoms with Gasteiger partial charge in [-0.15, -0.1) is 10.2 Å². The van der Waals surface area contributed by atoms with Crippen LogP contribution in [0.15, 0.2) is 64.2 Å². The second-order valence-corrected chi connectivity index (χ2v) is 6.99. The molecule has 1 amide bonds. The fourth-order valence-corrected chi connectivity index (χ4v) is 3.31. The van der Waals surface area contributed by atoms with Crippen molar-refractivity contribution in [2.75, 3.05) is 24.3 Å². The SMILES string of the molecule is COc1ccc(Cc2nnc(SCC(=O)N(CCC#N)c3ccccc3)o2)cc1. The average Bonchev–Trinajstić information content (AvgIpc) is 3.21. The van der Waals surface area contributed by atoms with Gasteiger partial charge in [0.2, 0.25) is 11.8 Å². The molecule has 0 bridgehead atoms. The van der Waals surface area contributed by atoms with E-state index in [0.29, 0.717) is 24.1 Å². The van der Waals surface area contributed by atoms with Crippen LogP contribution in [0.4, 0.5) is 5.69 Å². The van der Waals surface area contributed by atoms with E-state index >= 15 is 0 Å². The lowest BCUT2D eigenvalue weighted by atomic mass is 10.1. The quantitative estimate of drug-likeness (QED) is 0.498. The Balaban J connectivity index is 1.58. The molecule has 0 spiro atoms. The maximum Gasteiger partial charge on any atom is 0.277 e. The second kappa shape index (κ2) is 10.3. The van der Waals surface area contributed by atoms with Crippen molar-refractivity contribution in [1.82, 2.24) is 10.2 Å². The van der Waals surface area contributed by atoms with Crippen LogP contribution in [0.25, 0.3) is 0 Å². The molecule has 0 aliphatic carbocycles. The number of carbonyl (C=O) groups excluding carboxylic acids is 1. The van der Waals surface area contributed by atoms with Gasteiger partial charge in [0.25, 0.3) is 5.22 Å². The zero-order valence-corrected chi connectivity index (χ0v) is 16.8. The third-order valence-electron chi connectivity index (χ3n) is 4.10. The van der Waals surface area contributed by atoms with E-state index in [0.717, 1.165) is 17.0 Å². The zero-order chi connectivity index (χ0) is 20.5. The largest absolute Gasteiger partial charge is 0.497 e. The van der Waals surface area contributed by atoms with Crippen molar-refractivity contribution in [1.29, 1.82) is 5.26 Å². The molecule has 0 unspecified atom stereocenters. The first-order valence-corrected chi connectivity index (χ1v) is 9.98. The van der Waals surface area contributed by atoms with E-state index < -0.39 is 0 Å². The number of carbonyl (C=O) groups is 1. The predicted molar refractivity (Wildman–Crippen MR) is 110 cm³/mol. The second-order valence-electron chi connectivity index (χ2n) is 6.06. The highest BCUT2D eigenvalue weighted by molar-refractivity contribution is 7.99. The molecule has 0 saturated heterocycles. The molecule has 3 rings (SSSR count). The topological polar surface area (TPSA) is 92.3 Å². The number of thioether (sulfide) groups is 1. The molecular formula is C21H20N4O3S. The van der Waals surface area contributed by atoms with E-state index in [4.69, 9.17) is 14.4 Å².